The van der Waals surface area contributed by atoms with Crippen molar-refractivity contribution in [1.82, 2.24) is 10.2 Å². The lowest BCUT2D eigenvalue weighted by Gasteiger charge is -2.11. The van der Waals surface area contributed by atoms with Crippen molar-refractivity contribution in [3.05, 3.63) is 17.9 Å². The summed E-state index contributed by atoms with van der Waals surface area (Å²) in [5.74, 6) is 1.18. The molecule has 13 heavy (non-hydrogen) atoms. The zero-order valence-corrected chi connectivity index (χ0v) is 8.66. The van der Waals surface area contributed by atoms with Crippen molar-refractivity contribution < 1.29 is 4.42 Å². The molecule has 0 saturated heterocycles. The fourth-order valence-electron chi connectivity index (χ4n) is 1.58. The van der Waals surface area contributed by atoms with E-state index in [9.17, 15) is 0 Å². The molecular weight excluding hydrogens is 164 g/mol. The Bertz CT molecular complexity index is 286. The highest BCUT2D eigenvalue weighted by Crippen LogP contribution is 2.24. The Morgan fingerprint density at radius 2 is 2.23 bits per heavy atom. The van der Waals surface area contributed by atoms with Crippen LogP contribution in [0.4, 0.5) is 0 Å². The second kappa shape index (κ2) is 4.21. The van der Waals surface area contributed by atoms with Crippen molar-refractivity contribution in [1.29, 1.82) is 0 Å². The van der Waals surface area contributed by atoms with Gasteiger partial charge in [-0.05, 0) is 19.3 Å². The van der Waals surface area contributed by atoms with Gasteiger partial charge in [-0.25, -0.2) is 0 Å². The zero-order valence-electron chi connectivity index (χ0n) is 8.66. The van der Waals surface area contributed by atoms with Gasteiger partial charge in [-0.15, -0.1) is 10.2 Å². The number of allylic oxidation sites excluding steroid dienone is 2. The van der Waals surface area contributed by atoms with Gasteiger partial charge in [-0.3, -0.25) is 0 Å². The highest BCUT2D eigenvalue weighted by molar-refractivity contribution is 5.60. The second-order valence-corrected chi connectivity index (χ2v) is 3.40. The minimum absolute atomic E-state index is 0.539. The molecule has 1 aromatic rings. The molecule has 1 heterocycles. The van der Waals surface area contributed by atoms with Gasteiger partial charge in [0.1, 0.15) is 0 Å². The van der Waals surface area contributed by atoms with E-state index in [4.69, 9.17) is 4.42 Å². The molecule has 1 aromatic heterocycles. The Hall–Kier alpha value is -1.12. The van der Waals surface area contributed by atoms with Crippen LogP contribution in [-0.2, 0) is 0 Å². The van der Waals surface area contributed by atoms with Gasteiger partial charge in [-0.2, -0.15) is 0 Å². The van der Waals surface area contributed by atoms with Gasteiger partial charge in [0.2, 0.25) is 12.3 Å². The number of hydrogen-bond donors (Lipinski definition) is 0. The van der Waals surface area contributed by atoms with E-state index in [0.29, 0.717) is 11.8 Å². The van der Waals surface area contributed by atoms with Gasteiger partial charge in [0.15, 0.2) is 0 Å². The Balaban J connectivity index is 3.02. The van der Waals surface area contributed by atoms with Gasteiger partial charge in [-0.1, -0.05) is 26.3 Å². The molecule has 0 aliphatic rings. The Morgan fingerprint density at radius 1 is 1.54 bits per heavy atom. The van der Waals surface area contributed by atoms with Crippen LogP contribution in [0.15, 0.2) is 16.4 Å². The third kappa shape index (κ3) is 2.17. The Kier molecular flexibility index (Phi) is 3.23. The summed E-state index contributed by atoms with van der Waals surface area (Å²) in [4.78, 5) is 0. The van der Waals surface area contributed by atoms with Crippen LogP contribution in [0.3, 0.4) is 0 Å². The van der Waals surface area contributed by atoms with E-state index in [-0.39, 0.29) is 0 Å². The van der Waals surface area contributed by atoms with Crippen LogP contribution in [0.2, 0.25) is 0 Å². The van der Waals surface area contributed by atoms with E-state index < -0.39 is 0 Å². The van der Waals surface area contributed by atoms with Crippen LogP contribution in [0.1, 0.15) is 40.0 Å². The highest BCUT2D eigenvalue weighted by Gasteiger charge is 2.10. The van der Waals surface area contributed by atoms with Crippen molar-refractivity contribution in [3.8, 4) is 0 Å². The molecule has 0 aliphatic heterocycles. The maximum atomic E-state index is 5.15. The molecule has 0 saturated carbocycles. The van der Waals surface area contributed by atoms with Crippen molar-refractivity contribution in [2.75, 3.05) is 0 Å². The molecule has 0 bridgehead atoms. The largest absolute Gasteiger partial charge is 0.424 e. The van der Waals surface area contributed by atoms with Crippen LogP contribution in [0.25, 0.3) is 5.57 Å². The predicted octanol–water partition coefficient (Wildman–Crippen LogP) is 2.91. The summed E-state index contributed by atoms with van der Waals surface area (Å²) in [6.45, 7) is 8.54. The van der Waals surface area contributed by atoms with Crippen molar-refractivity contribution in [3.63, 3.8) is 0 Å². The van der Waals surface area contributed by atoms with E-state index in [1.54, 1.807) is 0 Å². The standard InChI is InChI=1S/C10H16N2O/c1-5-9(7(2)3)8(4)10-12-11-6-13-10/h6-7H,5H2,1-4H3/b9-8-. The first-order valence-electron chi connectivity index (χ1n) is 4.63. The number of nitrogens with zero attached hydrogens (tertiary/aromatic N) is 2. The molecule has 0 atom stereocenters. The van der Waals surface area contributed by atoms with Gasteiger partial charge in [0, 0.05) is 5.57 Å². The molecule has 0 aromatic carbocycles. The average Bonchev–Trinajstić information content (AvgIpc) is 2.56. The van der Waals surface area contributed by atoms with Crippen molar-refractivity contribution >= 4 is 5.57 Å². The third-order valence-electron chi connectivity index (χ3n) is 2.24. The first-order chi connectivity index (χ1) is 6.16. The molecule has 0 unspecified atom stereocenters. The van der Waals surface area contributed by atoms with Crippen molar-refractivity contribution in [2.24, 2.45) is 5.92 Å². The summed E-state index contributed by atoms with van der Waals surface area (Å²) < 4.78 is 5.15. The van der Waals surface area contributed by atoms with Gasteiger partial charge in [0.25, 0.3) is 0 Å². The summed E-state index contributed by atoms with van der Waals surface area (Å²) in [6, 6.07) is 0. The molecule has 3 nitrogen and oxygen atoms in total. The van der Waals surface area contributed by atoms with E-state index >= 15 is 0 Å². The van der Waals surface area contributed by atoms with Gasteiger partial charge >= 0.3 is 0 Å². The monoisotopic (exact) mass is 180 g/mol. The van der Waals surface area contributed by atoms with Gasteiger partial charge in [0.05, 0.1) is 0 Å². The molecule has 0 spiro atoms. The number of rotatable bonds is 3. The lowest BCUT2D eigenvalue weighted by molar-refractivity contribution is 0.535. The number of aromatic nitrogens is 2. The van der Waals surface area contributed by atoms with E-state index in [2.05, 4.69) is 31.0 Å². The third-order valence-corrected chi connectivity index (χ3v) is 2.24. The summed E-state index contributed by atoms with van der Waals surface area (Å²) in [7, 11) is 0. The normalized spacial score (nSPS) is 13.3. The molecule has 72 valence electrons. The minimum Gasteiger partial charge on any atom is -0.424 e. The number of hydrogen-bond acceptors (Lipinski definition) is 3. The molecule has 0 fully saturated rings. The van der Waals surface area contributed by atoms with Gasteiger partial charge < -0.3 is 4.42 Å². The minimum atomic E-state index is 0.539. The maximum Gasteiger partial charge on any atom is 0.243 e. The first kappa shape index (κ1) is 9.96. The van der Waals surface area contributed by atoms with Crippen LogP contribution in [0, 0.1) is 5.92 Å². The quantitative estimate of drug-likeness (QED) is 0.717. The predicted molar refractivity (Wildman–Crippen MR) is 52.0 cm³/mol. The Labute approximate surface area is 78.9 Å². The summed E-state index contributed by atoms with van der Waals surface area (Å²) in [5, 5.41) is 7.56. The lowest BCUT2D eigenvalue weighted by atomic mass is 9.96. The van der Waals surface area contributed by atoms with Crippen molar-refractivity contribution in [2.45, 2.75) is 34.1 Å². The van der Waals surface area contributed by atoms with E-state index in [1.165, 1.54) is 12.0 Å². The van der Waals surface area contributed by atoms with Crippen LogP contribution < -0.4 is 0 Å². The maximum absolute atomic E-state index is 5.15. The molecule has 0 amide bonds. The van der Waals surface area contributed by atoms with Crippen LogP contribution in [-0.4, -0.2) is 10.2 Å². The fraction of sp³-hybridized carbons (Fsp3) is 0.600. The fourth-order valence-corrected chi connectivity index (χ4v) is 1.58. The molecule has 3 heteroatoms. The summed E-state index contributed by atoms with van der Waals surface area (Å²) >= 11 is 0. The van der Waals surface area contributed by atoms with Crippen LogP contribution >= 0.6 is 0 Å². The topological polar surface area (TPSA) is 38.9 Å². The highest BCUT2D eigenvalue weighted by atomic mass is 16.4. The molecule has 1 rings (SSSR count). The smallest absolute Gasteiger partial charge is 0.243 e. The second-order valence-electron chi connectivity index (χ2n) is 3.40. The zero-order chi connectivity index (χ0) is 9.84. The summed E-state index contributed by atoms with van der Waals surface area (Å²) in [6.07, 6.45) is 2.40. The molecule has 0 aliphatic carbocycles. The van der Waals surface area contributed by atoms with E-state index in [1.807, 2.05) is 6.92 Å². The SMILES string of the molecule is CC/C(=C(\C)c1nnco1)C(C)C. The lowest BCUT2D eigenvalue weighted by Crippen LogP contribution is -1.96. The Morgan fingerprint density at radius 3 is 2.62 bits per heavy atom. The molecule has 0 radical (unpaired) electrons. The van der Waals surface area contributed by atoms with E-state index in [0.717, 1.165) is 12.0 Å². The summed E-state index contributed by atoms with van der Waals surface area (Å²) in [5.41, 5.74) is 2.50. The molecular formula is C10H16N2O. The molecule has 0 N–H and O–H groups in total. The average molecular weight is 180 g/mol. The first-order valence-corrected chi connectivity index (χ1v) is 4.63. The van der Waals surface area contributed by atoms with Crippen LogP contribution in [0.5, 0.6) is 0 Å².